The van der Waals surface area contributed by atoms with E-state index in [1.807, 2.05) is 0 Å². The molecule has 0 bridgehead atoms. The predicted octanol–water partition coefficient (Wildman–Crippen LogP) is -0.484. The molecule has 0 radical (unpaired) electrons. The van der Waals surface area contributed by atoms with Crippen molar-refractivity contribution >= 4 is 17.3 Å². The van der Waals surface area contributed by atoms with Gasteiger partial charge in [0.25, 0.3) is 0 Å². The molecule has 0 unspecified atom stereocenters. The van der Waals surface area contributed by atoms with E-state index in [0.29, 0.717) is 0 Å². The Morgan fingerprint density at radius 2 is 0.682 bits per heavy atom. The van der Waals surface area contributed by atoms with Gasteiger partial charge < -0.3 is 15.3 Å². The molecular weight excluding hydrogens is 466 g/mol. The fourth-order valence-corrected chi connectivity index (χ4v) is 0.859. The van der Waals surface area contributed by atoms with E-state index in [0.717, 1.165) is 18.2 Å². The van der Waals surface area contributed by atoms with Gasteiger partial charge in [0, 0.05) is 19.8 Å². The summed E-state index contributed by atoms with van der Waals surface area (Å²) in [6, 6.07) is 0. The second-order valence-electron chi connectivity index (χ2n) is 4.10. The molecule has 0 saturated heterocycles. The van der Waals surface area contributed by atoms with E-state index in [-0.39, 0.29) is 54.4 Å². The molecule has 0 N–H and O–H groups in total. The quantitative estimate of drug-likeness (QED) is 0.392. The molecular formula is C15H21O6Os-3. The number of carbonyl (C=O) groups is 3. The molecule has 0 aromatic carbocycles. The van der Waals surface area contributed by atoms with E-state index < -0.39 is 0 Å². The molecule has 0 rings (SSSR count). The van der Waals surface area contributed by atoms with Crippen LogP contribution in [0.15, 0.2) is 35.5 Å². The molecule has 128 valence electrons. The van der Waals surface area contributed by atoms with Crippen LogP contribution in [-0.4, -0.2) is 17.3 Å². The molecule has 0 saturated carbocycles. The van der Waals surface area contributed by atoms with Crippen LogP contribution in [-0.2, 0) is 34.2 Å². The number of hydrogen-bond donors (Lipinski definition) is 0. The van der Waals surface area contributed by atoms with Crippen molar-refractivity contribution in [3.05, 3.63) is 35.5 Å². The van der Waals surface area contributed by atoms with Gasteiger partial charge in [0.05, 0.1) is 0 Å². The minimum Gasteiger partial charge on any atom is -0.876 e. The van der Waals surface area contributed by atoms with Crippen LogP contribution in [0.5, 0.6) is 0 Å². The van der Waals surface area contributed by atoms with Gasteiger partial charge in [-0.15, -0.1) is 17.3 Å². The van der Waals surface area contributed by atoms with Crippen molar-refractivity contribution in [2.45, 2.75) is 41.5 Å². The summed E-state index contributed by atoms with van der Waals surface area (Å²) in [7, 11) is 0. The van der Waals surface area contributed by atoms with E-state index in [1.165, 1.54) is 41.5 Å². The Bertz CT molecular complexity index is 368. The third-order valence-corrected chi connectivity index (χ3v) is 1.22. The van der Waals surface area contributed by atoms with Gasteiger partial charge in [-0.05, 0) is 39.0 Å². The summed E-state index contributed by atoms with van der Waals surface area (Å²) in [5, 5.41) is 29.9. The fraction of sp³-hybridized carbons (Fsp3) is 0.400. The van der Waals surface area contributed by atoms with E-state index >= 15 is 0 Å². The van der Waals surface area contributed by atoms with Gasteiger partial charge in [0.2, 0.25) is 0 Å². The number of hydrogen-bond acceptors (Lipinski definition) is 6. The standard InChI is InChI=1S/3C5H8O2.Os/c3*1-4(6)3-5(2)7;/h3*3,6H,1-2H3;/p-3/b3*4-3-;. The van der Waals surface area contributed by atoms with Crippen LogP contribution in [0.25, 0.3) is 0 Å². The summed E-state index contributed by atoms with van der Waals surface area (Å²) in [5.74, 6) is -1.12. The van der Waals surface area contributed by atoms with Crippen molar-refractivity contribution in [3.8, 4) is 0 Å². The van der Waals surface area contributed by atoms with Gasteiger partial charge in [-0.25, -0.2) is 0 Å². The molecule has 0 aromatic rings. The van der Waals surface area contributed by atoms with Gasteiger partial charge in [0.1, 0.15) is 0 Å². The fourth-order valence-electron chi connectivity index (χ4n) is 0.859. The van der Waals surface area contributed by atoms with Gasteiger partial charge in [-0.1, -0.05) is 20.8 Å². The first kappa shape index (κ1) is 28.4. The Hall–Kier alpha value is -1.73. The van der Waals surface area contributed by atoms with Crippen molar-refractivity contribution in [2.24, 2.45) is 0 Å². The average Bonchev–Trinajstić information content (AvgIpc) is 2.10. The first-order valence-electron chi connectivity index (χ1n) is 5.96. The van der Waals surface area contributed by atoms with Crippen molar-refractivity contribution in [2.75, 3.05) is 0 Å². The van der Waals surface area contributed by atoms with E-state index in [9.17, 15) is 29.7 Å². The van der Waals surface area contributed by atoms with Crippen LogP contribution in [0.4, 0.5) is 0 Å². The van der Waals surface area contributed by atoms with Crippen LogP contribution in [0.3, 0.4) is 0 Å². The molecule has 7 heteroatoms. The topological polar surface area (TPSA) is 120 Å². The molecule has 0 amide bonds. The number of carbonyl (C=O) groups excluding carboxylic acids is 3. The zero-order valence-corrected chi connectivity index (χ0v) is 16.1. The van der Waals surface area contributed by atoms with Crippen molar-refractivity contribution in [1.82, 2.24) is 0 Å². The second-order valence-corrected chi connectivity index (χ2v) is 4.10. The Kier molecular flexibility index (Phi) is 22.4. The van der Waals surface area contributed by atoms with Gasteiger partial charge in [-0.2, -0.15) is 0 Å². The average molecular weight is 488 g/mol. The summed E-state index contributed by atoms with van der Waals surface area (Å²) >= 11 is 0. The molecule has 0 aliphatic heterocycles. The summed E-state index contributed by atoms with van der Waals surface area (Å²) in [5.41, 5.74) is 0. The van der Waals surface area contributed by atoms with Crippen LogP contribution >= 0.6 is 0 Å². The smallest absolute Gasteiger partial charge is 0.151 e. The zero-order chi connectivity index (χ0) is 17.6. The number of rotatable bonds is 3. The molecule has 0 aromatic heterocycles. The normalized spacial score (nSPS) is 10.9. The van der Waals surface area contributed by atoms with Gasteiger partial charge >= 0.3 is 0 Å². The SMILES string of the molecule is CC(=O)/C=C(/C)[O-].CC(=O)/C=C(/C)[O-].CC(=O)/C=C(/C)[O-].[Os]. The zero-order valence-electron chi connectivity index (χ0n) is 13.5. The summed E-state index contributed by atoms with van der Waals surface area (Å²) in [6.45, 7) is 8.09. The van der Waals surface area contributed by atoms with Gasteiger partial charge in [0.15, 0.2) is 17.3 Å². The Labute approximate surface area is 144 Å². The molecule has 0 heterocycles. The molecule has 0 aliphatic rings. The molecule has 0 spiro atoms. The first-order valence-corrected chi connectivity index (χ1v) is 5.96. The summed E-state index contributed by atoms with van der Waals surface area (Å²) in [6.07, 6.45) is 3.17. The number of ketones is 3. The van der Waals surface area contributed by atoms with Crippen molar-refractivity contribution < 1.29 is 49.5 Å². The second kappa shape index (κ2) is 17.3. The predicted molar refractivity (Wildman–Crippen MR) is 73.3 cm³/mol. The molecule has 0 fully saturated rings. The molecule has 0 atom stereocenters. The summed E-state index contributed by atoms with van der Waals surface area (Å²) < 4.78 is 0. The van der Waals surface area contributed by atoms with Crippen LogP contribution < -0.4 is 15.3 Å². The van der Waals surface area contributed by atoms with Gasteiger partial charge in [-0.3, -0.25) is 14.4 Å². The first-order chi connectivity index (χ1) is 9.38. The number of allylic oxidation sites excluding steroid dienone is 6. The summed E-state index contributed by atoms with van der Waals surface area (Å²) in [4.78, 5) is 29.9. The van der Waals surface area contributed by atoms with Crippen LogP contribution in [0.2, 0.25) is 0 Å². The Balaban J connectivity index is -0.000000108. The molecule has 6 nitrogen and oxygen atoms in total. The largest absolute Gasteiger partial charge is 0.876 e. The van der Waals surface area contributed by atoms with E-state index in [1.54, 1.807) is 0 Å². The third kappa shape index (κ3) is 51.7. The molecule has 22 heavy (non-hydrogen) atoms. The van der Waals surface area contributed by atoms with E-state index in [4.69, 9.17) is 0 Å². The van der Waals surface area contributed by atoms with Crippen molar-refractivity contribution in [3.63, 3.8) is 0 Å². The maximum Gasteiger partial charge on any atom is 0.151 e. The van der Waals surface area contributed by atoms with Crippen LogP contribution in [0, 0.1) is 0 Å². The Morgan fingerprint density at radius 3 is 0.682 bits per heavy atom. The van der Waals surface area contributed by atoms with Crippen molar-refractivity contribution in [1.29, 1.82) is 0 Å². The minimum atomic E-state index is -0.187. The monoisotopic (exact) mass is 489 g/mol. The maximum atomic E-state index is 9.98. The Morgan fingerprint density at radius 1 is 0.545 bits per heavy atom. The molecule has 0 aliphatic carbocycles. The van der Waals surface area contributed by atoms with Crippen LogP contribution in [0.1, 0.15) is 41.5 Å². The maximum absolute atomic E-state index is 9.98. The van der Waals surface area contributed by atoms with E-state index in [2.05, 4.69) is 0 Å². The third-order valence-electron chi connectivity index (χ3n) is 1.22. The minimum absolute atomic E-state index is 0.